The van der Waals surface area contributed by atoms with Crippen LogP contribution < -0.4 is 4.74 Å². The SMILES string of the molecule is Fc1ccccc1COc1nc2ccccc2nc1/C=C\c1ccc(Cl)cc1Cl. The van der Waals surface area contributed by atoms with Gasteiger partial charge >= 0.3 is 0 Å². The van der Waals surface area contributed by atoms with Crippen LogP contribution in [-0.4, -0.2) is 9.97 Å². The first kappa shape index (κ1) is 19.4. The van der Waals surface area contributed by atoms with Crippen molar-refractivity contribution in [1.29, 1.82) is 0 Å². The summed E-state index contributed by atoms with van der Waals surface area (Å²) in [5.41, 5.74) is 3.17. The Balaban J connectivity index is 1.70. The van der Waals surface area contributed by atoms with Gasteiger partial charge in [0, 0.05) is 15.6 Å². The molecule has 4 aromatic rings. The van der Waals surface area contributed by atoms with Gasteiger partial charge in [0.15, 0.2) is 0 Å². The first-order chi connectivity index (χ1) is 14.1. The minimum atomic E-state index is -0.328. The second-order valence-corrected chi connectivity index (χ2v) is 7.13. The van der Waals surface area contributed by atoms with E-state index in [2.05, 4.69) is 9.97 Å². The fraction of sp³-hybridized carbons (Fsp3) is 0.0435. The van der Waals surface area contributed by atoms with Crippen molar-refractivity contribution in [2.24, 2.45) is 0 Å². The quantitative estimate of drug-likeness (QED) is 0.352. The van der Waals surface area contributed by atoms with Gasteiger partial charge in [-0.3, -0.25) is 0 Å². The van der Waals surface area contributed by atoms with E-state index in [0.29, 0.717) is 32.7 Å². The molecule has 0 spiro atoms. The van der Waals surface area contributed by atoms with E-state index >= 15 is 0 Å². The lowest BCUT2D eigenvalue weighted by Gasteiger charge is -2.10. The fourth-order valence-electron chi connectivity index (χ4n) is 2.78. The molecule has 6 heteroatoms. The number of aromatic nitrogens is 2. The van der Waals surface area contributed by atoms with Crippen LogP contribution in [0.2, 0.25) is 10.0 Å². The van der Waals surface area contributed by atoms with Gasteiger partial charge in [-0.05, 0) is 42.0 Å². The monoisotopic (exact) mass is 424 g/mol. The first-order valence-corrected chi connectivity index (χ1v) is 9.62. The zero-order chi connectivity index (χ0) is 20.2. The lowest BCUT2D eigenvalue weighted by molar-refractivity contribution is 0.287. The van der Waals surface area contributed by atoms with Crippen molar-refractivity contribution in [1.82, 2.24) is 9.97 Å². The zero-order valence-electron chi connectivity index (χ0n) is 15.1. The van der Waals surface area contributed by atoms with Gasteiger partial charge in [-0.2, -0.15) is 0 Å². The third kappa shape index (κ3) is 4.56. The number of hydrogen-bond acceptors (Lipinski definition) is 3. The van der Waals surface area contributed by atoms with Crippen molar-refractivity contribution >= 4 is 46.4 Å². The number of para-hydroxylation sites is 2. The molecule has 1 aromatic heterocycles. The summed E-state index contributed by atoms with van der Waals surface area (Å²) in [4.78, 5) is 9.19. The Bertz CT molecular complexity index is 1210. The van der Waals surface area contributed by atoms with Gasteiger partial charge < -0.3 is 4.74 Å². The van der Waals surface area contributed by atoms with E-state index in [4.69, 9.17) is 27.9 Å². The van der Waals surface area contributed by atoms with E-state index in [9.17, 15) is 4.39 Å². The Hall–Kier alpha value is -2.95. The Morgan fingerprint density at radius 1 is 0.862 bits per heavy atom. The number of benzene rings is 3. The predicted octanol–water partition coefficient (Wildman–Crippen LogP) is 6.83. The molecule has 0 fully saturated rings. The van der Waals surface area contributed by atoms with E-state index in [1.54, 1.807) is 36.4 Å². The Labute approximate surface area is 177 Å². The second-order valence-electron chi connectivity index (χ2n) is 6.28. The number of fused-ring (bicyclic) bond motifs is 1. The lowest BCUT2D eigenvalue weighted by Crippen LogP contribution is -2.03. The highest BCUT2D eigenvalue weighted by atomic mass is 35.5. The molecular formula is C23H15Cl2FN2O. The highest BCUT2D eigenvalue weighted by Crippen LogP contribution is 2.26. The molecule has 0 bridgehead atoms. The Morgan fingerprint density at radius 2 is 1.59 bits per heavy atom. The molecule has 0 saturated carbocycles. The summed E-state index contributed by atoms with van der Waals surface area (Å²) in [6.45, 7) is 0.0439. The minimum Gasteiger partial charge on any atom is -0.471 e. The zero-order valence-corrected chi connectivity index (χ0v) is 16.7. The number of halogens is 3. The van der Waals surface area contributed by atoms with Crippen LogP contribution >= 0.6 is 23.2 Å². The summed E-state index contributed by atoms with van der Waals surface area (Å²) in [7, 11) is 0. The number of hydrogen-bond donors (Lipinski definition) is 0. The molecule has 4 rings (SSSR count). The molecule has 0 atom stereocenters. The molecule has 0 saturated heterocycles. The van der Waals surface area contributed by atoms with Crippen molar-refractivity contribution in [2.45, 2.75) is 6.61 Å². The number of rotatable bonds is 5. The third-order valence-electron chi connectivity index (χ3n) is 4.27. The summed E-state index contributed by atoms with van der Waals surface area (Å²) in [5, 5.41) is 1.09. The van der Waals surface area contributed by atoms with Crippen molar-refractivity contribution < 1.29 is 9.13 Å². The van der Waals surface area contributed by atoms with Crippen LogP contribution in [0, 0.1) is 5.82 Å². The lowest BCUT2D eigenvalue weighted by atomic mass is 10.2. The van der Waals surface area contributed by atoms with Gasteiger partial charge in [-0.1, -0.05) is 65.7 Å². The Morgan fingerprint density at radius 3 is 2.34 bits per heavy atom. The van der Waals surface area contributed by atoms with E-state index < -0.39 is 0 Å². The van der Waals surface area contributed by atoms with Crippen LogP contribution in [0.4, 0.5) is 4.39 Å². The molecule has 3 nitrogen and oxygen atoms in total. The van der Waals surface area contributed by atoms with Crippen LogP contribution in [0.3, 0.4) is 0 Å². The third-order valence-corrected chi connectivity index (χ3v) is 4.83. The number of ether oxygens (including phenoxy) is 1. The van der Waals surface area contributed by atoms with Gasteiger partial charge in [-0.15, -0.1) is 0 Å². The molecule has 1 heterocycles. The summed E-state index contributed by atoms with van der Waals surface area (Å²) in [5.74, 6) is -0.0143. The average molecular weight is 425 g/mol. The second kappa shape index (κ2) is 8.60. The molecule has 0 radical (unpaired) electrons. The van der Waals surface area contributed by atoms with Crippen LogP contribution in [0.1, 0.15) is 16.8 Å². The molecule has 3 aromatic carbocycles. The van der Waals surface area contributed by atoms with Crippen molar-refractivity contribution in [2.75, 3.05) is 0 Å². The van der Waals surface area contributed by atoms with Gasteiger partial charge in [-0.25, -0.2) is 14.4 Å². The van der Waals surface area contributed by atoms with Gasteiger partial charge in [0.25, 0.3) is 0 Å². The minimum absolute atomic E-state index is 0.0439. The maximum atomic E-state index is 13.9. The average Bonchev–Trinajstić information content (AvgIpc) is 2.72. The van der Waals surface area contributed by atoms with Gasteiger partial charge in [0.2, 0.25) is 5.88 Å². The topological polar surface area (TPSA) is 35.0 Å². The normalized spacial score (nSPS) is 11.3. The van der Waals surface area contributed by atoms with E-state index in [1.807, 2.05) is 36.4 Å². The standard InChI is InChI=1S/C23H15Cl2FN2O/c24-17-11-9-15(18(25)13-17)10-12-22-23(28-21-8-4-3-7-20(21)27-22)29-14-16-5-1-2-6-19(16)26/h1-13H,14H2/b12-10-. The Kier molecular flexibility index (Phi) is 5.74. The molecule has 0 unspecified atom stereocenters. The summed E-state index contributed by atoms with van der Waals surface area (Å²) in [6, 6.07) is 19.2. The largest absolute Gasteiger partial charge is 0.471 e. The molecule has 0 amide bonds. The summed E-state index contributed by atoms with van der Waals surface area (Å²) in [6.07, 6.45) is 3.58. The summed E-state index contributed by atoms with van der Waals surface area (Å²) < 4.78 is 19.8. The van der Waals surface area contributed by atoms with Gasteiger partial charge in [0.1, 0.15) is 18.1 Å². The molecule has 0 aliphatic heterocycles. The molecule has 0 aliphatic rings. The van der Waals surface area contributed by atoms with Crippen molar-refractivity contribution in [3.05, 3.63) is 99.4 Å². The highest BCUT2D eigenvalue weighted by molar-refractivity contribution is 6.35. The molecule has 29 heavy (non-hydrogen) atoms. The van der Waals surface area contributed by atoms with Crippen molar-refractivity contribution in [3.8, 4) is 5.88 Å². The van der Waals surface area contributed by atoms with E-state index in [0.717, 1.165) is 11.1 Å². The fourth-order valence-corrected chi connectivity index (χ4v) is 3.25. The molecule has 0 aliphatic carbocycles. The maximum Gasteiger partial charge on any atom is 0.240 e. The summed E-state index contributed by atoms with van der Waals surface area (Å²) >= 11 is 12.2. The van der Waals surface area contributed by atoms with Crippen LogP contribution in [0.5, 0.6) is 5.88 Å². The number of nitrogens with zero attached hydrogens (tertiary/aromatic N) is 2. The molecule has 0 N–H and O–H groups in total. The highest BCUT2D eigenvalue weighted by Gasteiger charge is 2.10. The van der Waals surface area contributed by atoms with E-state index in [-0.39, 0.29) is 12.4 Å². The van der Waals surface area contributed by atoms with Crippen molar-refractivity contribution in [3.63, 3.8) is 0 Å². The van der Waals surface area contributed by atoms with Crippen LogP contribution in [0.15, 0.2) is 66.7 Å². The predicted molar refractivity (Wildman–Crippen MR) is 116 cm³/mol. The maximum absolute atomic E-state index is 13.9. The van der Waals surface area contributed by atoms with Gasteiger partial charge in [0.05, 0.1) is 11.0 Å². The van der Waals surface area contributed by atoms with Crippen LogP contribution in [0.25, 0.3) is 23.2 Å². The van der Waals surface area contributed by atoms with Crippen LogP contribution in [-0.2, 0) is 6.61 Å². The molecule has 144 valence electrons. The molecular weight excluding hydrogens is 410 g/mol. The van der Waals surface area contributed by atoms with E-state index in [1.165, 1.54) is 6.07 Å². The first-order valence-electron chi connectivity index (χ1n) is 8.86. The smallest absolute Gasteiger partial charge is 0.240 e.